The largest absolute Gasteiger partial charge is 0.490 e. The highest BCUT2D eigenvalue weighted by Gasteiger charge is 2.60. The molecule has 1 heterocycles. The molecule has 1 aliphatic carbocycles. The molecule has 0 saturated heterocycles. The van der Waals surface area contributed by atoms with Crippen LogP contribution in [0, 0.1) is 17.6 Å². The van der Waals surface area contributed by atoms with Crippen molar-refractivity contribution in [2.45, 2.75) is 34.2 Å². The summed E-state index contributed by atoms with van der Waals surface area (Å²) in [6.45, 7) is -0.289. The molecule has 1 fully saturated rings. The Morgan fingerprint density at radius 3 is 2.27 bits per heavy atom. The van der Waals surface area contributed by atoms with Crippen molar-refractivity contribution in [1.29, 1.82) is 0 Å². The lowest BCUT2D eigenvalue weighted by molar-refractivity contribution is 0.126. The van der Waals surface area contributed by atoms with Crippen molar-refractivity contribution in [3.63, 3.8) is 0 Å². The van der Waals surface area contributed by atoms with Crippen LogP contribution in [0.15, 0.2) is 41.3 Å². The summed E-state index contributed by atoms with van der Waals surface area (Å²) in [5.41, 5.74) is -0.404. The van der Waals surface area contributed by atoms with E-state index in [-0.39, 0.29) is 30.8 Å². The van der Waals surface area contributed by atoms with E-state index in [4.69, 9.17) is 27.0 Å². The van der Waals surface area contributed by atoms with Gasteiger partial charge < -0.3 is 4.74 Å². The predicted octanol–water partition coefficient (Wildman–Crippen LogP) is 4.42. The van der Waals surface area contributed by atoms with Gasteiger partial charge >= 0.3 is 0 Å². The Morgan fingerprint density at radius 1 is 1.00 bits per heavy atom. The summed E-state index contributed by atoms with van der Waals surface area (Å²) in [4.78, 5) is -0.124. The Kier molecular flexibility index (Phi) is 5.32. The highest BCUT2D eigenvalue weighted by atomic mass is 35.7. The fourth-order valence-corrected chi connectivity index (χ4v) is 8.39. The lowest BCUT2D eigenvalue weighted by Gasteiger charge is -2.48. The van der Waals surface area contributed by atoms with Gasteiger partial charge in [0.2, 0.25) is 9.05 Å². The summed E-state index contributed by atoms with van der Waals surface area (Å²) in [5, 5.41) is -0.705. The van der Waals surface area contributed by atoms with Crippen molar-refractivity contribution in [3.05, 3.63) is 58.6 Å². The first-order valence-corrected chi connectivity index (χ1v) is 13.3. The van der Waals surface area contributed by atoms with Gasteiger partial charge in [-0.05, 0) is 55.7 Å². The molecular weight excluding hydrogens is 481 g/mol. The molecule has 162 valence electrons. The van der Waals surface area contributed by atoms with E-state index in [0.717, 1.165) is 12.1 Å². The molecular formula is C19H16Cl2F2O5S2. The minimum atomic E-state index is -4.31. The first-order valence-electron chi connectivity index (χ1n) is 9.03. The highest BCUT2D eigenvalue weighted by molar-refractivity contribution is 8.14. The zero-order chi connectivity index (χ0) is 21.9. The maximum Gasteiger partial charge on any atom is 0.235 e. The zero-order valence-corrected chi connectivity index (χ0v) is 18.5. The summed E-state index contributed by atoms with van der Waals surface area (Å²) in [6.07, 6.45) is -0.533. The average molecular weight is 497 g/mol. The number of rotatable bonds is 3. The molecule has 4 rings (SSSR count). The molecule has 2 aromatic carbocycles. The third-order valence-electron chi connectivity index (χ3n) is 5.96. The van der Waals surface area contributed by atoms with Gasteiger partial charge in [-0.3, -0.25) is 0 Å². The number of ether oxygens (including phenoxy) is 1. The van der Waals surface area contributed by atoms with Gasteiger partial charge in [0, 0.05) is 21.6 Å². The molecule has 30 heavy (non-hydrogen) atoms. The summed E-state index contributed by atoms with van der Waals surface area (Å²) in [7, 11) is -2.76. The summed E-state index contributed by atoms with van der Waals surface area (Å²) in [5.74, 6) is -3.23. The van der Waals surface area contributed by atoms with Gasteiger partial charge in [-0.2, -0.15) is 0 Å². The monoisotopic (exact) mass is 496 g/mol. The number of benzene rings is 2. The lowest BCUT2D eigenvalue weighted by atomic mass is 9.73. The van der Waals surface area contributed by atoms with E-state index >= 15 is 4.39 Å². The fraction of sp³-hybridized carbons (Fsp3) is 0.368. The summed E-state index contributed by atoms with van der Waals surface area (Å²) >= 11 is 5.87. The number of hydrogen-bond donors (Lipinski definition) is 0. The van der Waals surface area contributed by atoms with Crippen molar-refractivity contribution in [1.82, 2.24) is 0 Å². The van der Waals surface area contributed by atoms with Crippen molar-refractivity contribution < 1.29 is 30.4 Å². The molecule has 11 heteroatoms. The first kappa shape index (κ1) is 21.8. The van der Waals surface area contributed by atoms with Crippen LogP contribution in [0.5, 0.6) is 5.75 Å². The average Bonchev–Trinajstić information content (AvgIpc) is 2.69. The van der Waals surface area contributed by atoms with Gasteiger partial charge in [-0.1, -0.05) is 11.6 Å². The second kappa shape index (κ2) is 7.32. The van der Waals surface area contributed by atoms with E-state index in [0.29, 0.717) is 5.02 Å². The molecule has 5 nitrogen and oxygen atoms in total. The number of sulfone groups is 1. The van der Waals surface area contributed by atoms with E-state index in [1.807, 2.05) is 0 Å². The van der Waals surface area contributed by atoms with Crippen LogP contribution in [0.4, 0.5) is 8.78 Å². The van der Waals surface area contributed by atoms with Crippen LogP contribution >= 0.6 is 22.3 Å². The SMILES string of the molecule is O=S(=O)(Cl)C1CCC2(S(=O)(=O)c3ccc(Cl)cc3)c3c(F)ccc(F)c3OCC2C1. The Bertz CT molecular complexity index is 1220. The van der Waals surface area contributed by atoms with Crippen molar-refractivity contribution in [2.24, 2.45) is 5.92 Å². The van der Waals surface area contributed by atoms with Crippen LogP contribution in [0.25, 0.3) is 0 Å². The van der Waals surface area contributed by atoms with Gasteiger partial charge in [-0.25, -0.2) is 25.6 Å². The molecule has 3 atom stereocenters. The first-order chi connectivity index (χ1) is 14.0. The van der Waals surface area contributed by atoms with Crippen molar-refractivity contribution in [3.8, 4) is 5.75 Å². The molecule has 2 aromatic rings. The van der Waals surface area contributed by atoms with Gasteiger partial charge in [0.1, 0.15) is 10.6 Å². The van der Waals surface area contributed by atoms with Gasteiger partial charge in [-0.15, -0.1) is 0 Å². The van der Waals surface area contributed by atoms with Crippen molar-refractivity contribution in [2.75, 3.05) is 6.61 Å². The Balaban J connectivity index is 1.99. The highest BCUT2D eigenvalue weighted by Crippen LogP contribution is 2.57. The second-order valence-electron chi connectivity index (χ2n) is 7.46. The Hall–Kier alpha value is -1.42. The quantitative estimate of drug-likeness (QED) is 0.587. The zero-order valence-electron chi connectivity index (χ0n) is 15.3. The molecule has 1 saturated carbocycles. The maximum atomic E-state index is 15.0. The summed E-state index contributed by atoms with van der Waals surface area (Å²) < 4.78 is 84.6. The fourth-order valence-electron chi connectivity index (χ4n) is 4.56. The summed E-state index contributed by atoms with van der Waals surface area (Å²) in [6, 6.07) is 7.07. The molecule has 0 N–H and O–H groups in total. The van der Waals surface area contributed by atoms with Crippen LogP contribution in [-0.2, 0) is 23.6 Å². The van der Waals surface area contributed by atoms with Gasteiger partial charge in [0.25, 0.3) is 0 Å². The second-order valence-corrected chi connectivity index (χ2v) is 13.0. The normalized spacial score (nSPS) is 26.4. The van der Waals surface area contributed by atoms with E-state index < -0.39 is 57.8 Å². The smallest absolute Gasteiger partial charge is 0.235 e. The van der Waals surface area contributed by atoms with E-state index in [9.17, 15) is 21.2 Å². The standard InChI is InChI=1S/C19H16Cl2F2O5S2/c20-12-1-3-13(4-2-12)29(24,25)19-8-7-14(30(21,26)27)9-11(19)10-28-18-16(23)6-5-15(22)17(18)19/h1-6,11,14H,7-10H2. The molecule has 0 amide bonds. The Morgan fingerprint density at radius 2 is 1.63 bits per heavy atom. The van der Waals surface area contributed by atoms with Crippen LogP contribution in [0.2, 0.25) is 5.02 Å². The van der Waals surface area contributed by atoms with Crippen LogP contribution in [0.1, 0.15) is 24.8 Å². The number of halogens is 4. The molecule has 0 bridgehead atoms. The number of hydrogen-bond acceptors (Lipinski definition) is 5. The maximum absolute atomic E-state index is 15.0. The van der Waals surface area contributed by atoms with Gasteiger partial charge in [0.05, 0.1) is 22.3 Å². The van der Waals surface area contributed by atoms with Crippen molar-refractivity contribution >= 4 is 41.2 Å². The minimum Gasteiger partial charge on any atom is -0.490 e. The Labute approximate surface area is 182 Å². The molecule has 3 unspecified atom stereocenters. The molecule has 0 radical (unpaired) electrons. The third-order valence-corrected chi connectivity index (χ3v) is 10.8. The van der Waals surface area contributed by atoms with E-state index in [2.05, 4.69) is 0 Å². The predicted molar refractivity (Wildman–Crippen MR) is 108 cm³/mol. The molecule has 1 aliphatic heterocycles. The van der Waals surface area contributed by atoms with Crippen LogP contribution < -0.4 is 4.74 Å². The number of fused-ring (bicyclic) bond motifs is 3. The van der Waals surface area contributed by atoms with Gasteiger partial charge in [0.15, 0.2) is 21.4 Å². The van der Waals surface area contributed by atoms with E-state index in [1.165, 1.54) is 24.3 Å². The molecule has 2 aliphatic rings. The lowest BCUT2D eigenvalue weighted by Crippen LogP contribution is -2.53. The van der Waals surface area contributed by atoms with Crippen LogP contribution in [0.3, 0.4) is 0 Å². The third kappa shape index (κ3) is 3.21. The minimum absolute atomic E-state index is 0.120. The molecule has 0 aromatic heterocycles. The molecule has 0 spiro atoms. The van der Waals surface area contributed by atoms with E-state index in [1.54, 1.807) is 0 Å². The topological polar surface area (TPSA) is 77.5 Å². The van der Waals surface area contributed by atoms with Crippen LogP contribution in [-0.4, -0.2) is 28.7 Å².